The molecule has 2 fully saturated rings. The Bertz CT molecular complexity index is 130. The second-order valence-corrected chi connectivity index (χ2v) is 4.80. The van der Waals surface area contributed by atoms with Gasteiger partial charge in [-0.25, -0.2) is 0 Å². The third-order valence-electron chi connectivity index (χ3n) is 2.59. The Labute approximate surface area is 72.5 Å². The summed E-state index contributed by atoms with van der Waals surface area (Å²) in [5.41, 5.74) is 5.54. The van der Waals surface area contributed by atoms with Gasteiger partial charge in [0.25, 0.3) is 0 Å². The zero-order chi connectivity index (χ0) is 7.68. The first-order valence-electron chi connectivity index (χ1n) is 4.38. The van der Waals surface area contributed by atoms with Crippen molar-refractivity contribution in [2.75, 3.05) is 37.7 Å². The van der Waals surface area contributed by atoms with Crippen LogP contribution in [0.2, 0.25) is 0 Å². The van der Waals surface area contributed by atoms with Gasteiger partial charge in [0.2, 0.25) is 0 Å². The second-order valence-electron chi connectivity index (χ2n) is 3.72. The molecule has 0 aliphatic carbocycles. The van der Waals surface area contributed by atoms with Gasteiger partial charge in [0.05, 0.1) is 0 Å². The Balaban J connectivity index is 1.59. The number of hydrogen-bond donors (Lipinski definition) is 1. The van der Waals surface area contributed by atoms with E-state index in [1.807, 2.05) is 0 Å². The number of likely N-dealkylation sites (tertiary alicyclic amines) is 1. The quantitative estimate of drug-likeness (QED) is 0.661. The van der Waals surface area contributed by atoms with Gasteiger partial charge in [0, 0.05) is 19.6 Å². The van der Waals surface area contributed by atoms with Crippen LogP contribution in [-0.2, 0) is 0 Å². The highest BCUT2D eigenvalue weighted by molar-refractivity contribution is 8.00. The van der Waals surface area contributed by atoms with Gasteiger partial charge >= 0.3 is 0 Å². The number of thioether (sulfide) groups is 1. The van der Waals surface area contributed by atoms with Gasteiger partial charge < -0.3 is 10.6 Å². The number of rotatable bonds is 3. The van der Waals surface area contributed by atoms with Crippen LogP contribution in [0.5, 0.6) is 0 Å². The fraction of sp³-hybridized carbons (Fsp3) is 1.00. The molecular weight excluding hydrogens is 156 g/mol. The molecule has 0 unspecified atom stereocenters. The Hall–Kier alpha value is 0.270. The summed E-state index contributed by atoms with van der Waals surface area (Å²) in [6.45, 7) is 4.74. The molecule has 2 aliphatic heterocycles. The average molecular weight is 172 g/mol. The summed E-state index contributed by atoms with van der Waals surface area (Å²) in [5, 5.41) is 0. The van der Waals surface area contributed by atoms with Crippen molar-refractivity contribution in [1.29, 1.82) is 0 Å². The lowest BCUT2D eigenvalue weighted by Gasteiger charge is -2.42. The lowest BCUT2D eigenvalue weighted by Crippen LogP contribution is -2.52. The largest absolute Gasteiger partial charge is 0.330 e. The highest BCUT2D eigenvalue weighted by atomic mass is 32.2. The van der Waals surface area contributed by atoms with Gasteiger partial charge in [-0.15, -0.1) is 0 Å². The van der Waals surface area contributed by atoms with Gasteiger partial charge in [-0.3, -0.25) is 0 Å². The summed E-state index contributed by atoms with van der Waals surface area (Å²) < 4.78 is 0. The van der Waals surface area contributed by atoms with Gasteiger partial charge in [-0.2, -0.15) is 11.8 Å². The summed E-state index contributed by atoms with van der Waals surface area (Å²) in [4.78, 5) is 2.54. The smallest absolute Gasteiger partial charge is 0.00343 e. The first kappa shape index (κ1) is 7.90. The monoisotopic (exact) mass is 172 g/mol. The summed E-state index contributed by atoms with van der Waals surface area (Å²) in [5.74, 6) is 4.59. The van der Waals surface area contributed by atoms with E-state index in [2.05, 4.69) is 16.7 Å². The van der Waals surface area contributed by atoms with E-state index in [9.17, 15) is 0 Å². The van der Waals surface area contributed by atoms with E-state index in [0.717, 1.165) is 18.4 Å². The third kappa shape index (κ3) is 1.71. The molecule has 0 bridgehead atoms. The summed E-state index contributed by atoms with van der Waals surface area (Å²) in [6, 6.07) is 0. The van der Waals surface area contributed by atoms with E-state index in [-0.39, 0.29) is 0 Å². The SMILES string of the molecule is NCC1CN(CC2CSC2)C1. The molecule has 0 saturated carbocycles. The zero-order valence-corrected chi connectivity index (χ0v) is 7.65. The van der Waals surface area contributed by atoms with Crippen molar-refractivity contribution in [3.8, 4) is 0 Å². The van der Waals surface area contributed by atoms with E-state index in [0.29, 0.717) is 0 Å². The van der Waals surface area contributed by atoms with E-state index < -0.39 is 0 Å². The van der Waals surface area contributed by atoms with Crippen molar-refractivity contribution >= 4 is 11.8 Å². The van der Waals surface area contributed by atoms with Crippen molar-refractivity contribution in [3.05, 3.63) is 0 Å². The van der Waals surface area contributed by atoms with Crippen LogP contribution in [-0.4, -0.2) is 42.6 Å². The molecule has 0 aromatic rings. The molecule has 0 aromatic carbocycles. The van der Waals surface area contributed by atoms with Crippen LogP contribution < -0.4 is 5.73 Å². The molecule has 2 N–H and O–H groups in total. The van der Waals surface area contributed by atoms with Crippen molar-refractivity contribution in [2.45, 2.75) is 0 Å². The molecule has 3 heteroatoms. The van der Waals surface area contributed by atoms with Crippen LogP contribution in [0.1, 0.15) is 0 Å². The zero-order valence-electron chi connectivity index (χ0n) is 6.83. The number of hydrogen-bond acceptors (Lipinski definition) is 3. The topological polar surface area (TPSA) is 29.3 Å². The van der Waals surface area contributed by atoms with Crippen LogP contribution in [0.25, 0.3) is 0 Å². The Morgan fingerprint density at radius 1 is 1.27 bits per heavy atom. The van der Waals surface area contributed by atoms with Crippen molar-refractivity contribution in [1.82, 2.24) is 4.90 Å². The Morgan fingerprint density at radius 2 is 2.00 bits per heavy atom. The van der Waals surface area contributed by atoms with Gasteiger partial charge in [0.1, 0.15) is 0 Å². The third-order valence-corrected chi connectivity index (χ3v) is 4.00. The molecule has 2 nitrogen and oxygen atoms in total. The fourth-order valence-corrected chi connectivity index (χ4v) is 2.51. The van der Waals surface area contributed by atoms with Gasteiger partial charge in [-0.05, 0) is 29.9 Å². The maximum absolute atomic E-state index is 5.54. The highest BCUT2D eigenvalue weighted by Gasteiger charge is 2.29. The molecule has 2 heterocycles. The molecule has 0 amide bonds. The lowest BCUT2D eigenvalue weighted by atomic mass is 9.99. The maximum atomic E-state index is 5.54. The van der Waals surface area contributed by atoms with E-state index in [4.69, 9.17) is 5.73 Å². The predicted molar refractivity (Wildman–Crippen MR) is 49.8 cm³/mol. The highest BCUT2D eigenvalue weighted by Crippen LogP contribution is 2.27. The average Bonchev–Trinajstić information content (AvgIpc) is 1.81. The van der Waals surface area contributed by atoms with Crippen LogP contribution in [0, 0.1) is 11.8 Å². The van der Waals surface area contributed by atoms with Crippen LogP contribution in [0.3, 0.4) is 0 Å². The van der Waals surface area contributed by atoms with Crippen molar-refractivity contribution in [3.63, 3.8) is 0 Å². The van der Waals surface area contributed by atoms with Crippen LogP contribution >= 0.6 is 11.8 Å². The van der Waals surface area contributed by atoms with Crippen molar-refractivity contribution < 1.29 is 0 Å². The van der Waals surface area contributed by atoms with E-state index >= 15 is 0 Å². The molecule has 2 rings (SSSR count). The Morgan fingerprint density at radius 3 is 2.45 bits per heavy atom. The summed E-state index contributed by atoms with van der Waals surface area (Å²) in [7, 11) is 0. The predicted octanol–water partition coefficient (Wildman–Crippen LogP) is 0.240. The van der Waals surface area contributed by atoms with Gasteiger partial charge in [-0.1, -0.05) is 0 Å². The molecule has 2 aliphatic rings. The van der Waals surface area contributed by atoms with E-state index in [1.54, 1.807) is 0 Å². The first-order chi connectivity index (χ1) is 5.38. The molecule has 2 saturated heterocycles. The summed E-state index contributed by atoms with van der Waals surface area (Å²) >= 11 is 2.08. The van der Waals surface area contributed by atoms with Crippen molar-refractivity contribution in [2.24, 2.45) is 17.6 Å². The summed E-state index contributed by atoms with van der Waals surface area (Å²) in [6.07, 6.45) is 0. The maximum Gasteiger partial charge on any atom is 0.00343 e. The minimum absolute atomic E-state index is 0.808. The molecule has 0 radical (unpaired) electrons. The normalized spacial score (nSPS) is 28.1. The lowest BCUT2D eigenvalue weighted by molar-refractivity contribution is 0.0921. The van der Waals surface area contributed by atoms with E-state index in [1.165, 1.54) is 31.1 Å². The Kier molecular flexibility index (Phi) is 2.39. The molecule has 0 atom stereocenters. The molecule has 0 aromatic heterocycles. The van der Waals surface area contributed by atoms with Crippen LogP contribution in [0.15, 0.2) is 0 Å². The fourth-order valence-electron chi connectivity index (χ4n) is 1.73. The number of nitrogens with two attached hydrogens (primary N) is 1. The minimum atomic E-state index is 0.808. The van der Waals surface area contributed by atoms with Gasteiger partial charge in [0.15, 0.2) is 0 Å². The standard InChI is InChI=1S/C8H16N2S/c9-1-7-2-10(3-7)4-8-5-11-6-8/h7-8H,1-6,9H2. The van der Waals surface area contributed by atoms with Crippen LogP contribution in [0.4, 0.5) is 0 Å². The second kappa shape index (κ2) is 3.33. The molecule has 0 spiro atoms. The number of nitrogens with zero attached hydrogens (tertiary/aromatic N) is 1. The molecular formula is C8H16N2S. The molecule has 64 valence electrons. The minimum Gasteiger partial charge on any atom is -0.330 e. The molecule has 11 heavy (non-hydrogen) atoms. The first-order valence-corrected chi connectivity index (χ1v) is 5.54.